The van der Waals surface area contributed by atoms with E-state index in [0.717, 1.165) is 41.7 Å². The van der Waals surface area contributed by atoms with Gasteiger partial charge in [0, 0.05) is 55.9 Å². The number of primary amides is 1. The van der Waals surface area contributed by atoms with Crippen molar-refractivity contribution < 1.29 is 32.6 Å². The zero-order valence-corrected chi connectivity index (χ0v) is 22.3. The van der Waals surface area contributed by atoms with Crippen LogP contribution in [0.15, 0.2) is 41.0 Å². The summed E-state index contributed by atoms with van der Waals surface area (Å²) < 4.78 is 40.2. The van der Waals surface area contributed by atoms with Crippen molar-refractivity contribution in [3.05, 3.63) is 46.7 Å². The summed E-state index contributed by atoms with van der Waals surface area (Å²) in [5.74, 6) is -2.71. The number of halogens is 4. The number of ether oxygens (including phenoxy) is 1. The Labute approximate surface area is 228 Å². The van der Waals surface area contributed by atoms with Crippen molar-refractivity contribution in [2.45, 2.75) is 6.18 Å². The largest absolute Gasteiger partial charge is 0.490 e. The first-order chi connectivity index (χ1) is 18.3. The third-order valence-corrected chi connectivity index (χ3v) is 6.61. The molecule has 0 atom stereocenters. The van der Waals surface area contributed by atoms with E-state index >= 15 is 0 Å². The second-order valence-corrected chi connectivity index (χ2v) is 9.55. The summed E-state index contributed by atoms with van der Waals surface area (Å²) in [6.07, 6.45) is -3.39. The number of hydrogen-bond donors (Lipinski definition) is 2. The van der Waals surface area contributed by atoms with Crippen molar-refractivity contribution >= 4 is 55.3 Å². The Bertz CT molecular complexity index is 1550. The molecule has 2 aromatic heterocycles. The average molecular weight is 610 g/mol. The van der Waals surface area contributed by atoms with Gasteiger partial charge < -0.3 is 25.4 Å². The van der Waals surface area contributed by atoms with Crippen molar-refractivity contribution in [2.75, 3.05) is 38.1 Å². The lowest BCUT2D eigenvalue weighted by Gasteiger charge is -2.34. The molecule has 0 aliphatic carbocycles. The van der Waals surface area contributed by atoms with E-state index in [0.29, 0.717) is 22.2 Å². The fraction of sp³-hybridized carbons (Fsp3) is 0.292. The minimum absolute atomic E-state index is 0.208. The molecule has 1 aliphatic heterocycles. The minimum atomic E-state index is -5.08. The maximum absolute atomic E-state index is 11.7. The van der Waals surface area contributed by atoms with Crippen molar-refractivity contribution in [3.63, 3.8) is 0 Å². The van der Waals surface area contributed by atoms with Gasteiger partial charge in [0.2, 0.25) is 0 Å². The Morgan fingerprint density at radius 1 is 1.10 bits per heavy atom. The van der Waals surface area contributed by atoms with Crippen LogP contribution >= 0.6 is 15.9 Å². The fourth-order valence-corrected chi connectivity index (χ4v) is 4.45. The molecule has 206 valence electrons. The maximum atomic E-state index is 11.7. The first-order valence-corrected chi connectivity index (χ1v) is 12.3. The lowest BCUT2D eigenvalue weighted by molar-refractivity contribution is -0.192. The van der Waals surface area contributed by atoms with Gasteiger partial charge in [0.15, 0.2) is 5.69 Å². The van der Waals surface area contributed by atoms with Crippen LogP contribution in [0.3, 0.4) is 0 Å². The van der Waals surface area contributed by atoms with Crippen LogP contribution in [0, 0.1) is 0 Å². The van der Waals surface area contributed by atoms with E-state index in [1.54, 1.807) is 17.9 Å². The second-order valence-electron chi connectivity index (χ2n) is 8.70. The Morgan fingerprint density at radius 2 is 1.77 bits per heavy atom. The summed E-state index contributed by atoms with van der Waals surface area (Å²) in [6, 6.07) is 9.88. The zero-order valence-electron chi connectivity index (χ0n) is 20.7. The molecular formula is C24H23BrF3N7O4. The SMILES string of the molecule is CN1CCN(c2ccc(Oc3ncc4ccc5c(C(N)=O)nn(C)c5c4n3)c(Br)c2)CC1.O=C(O)C(F)(F)F. The molecule has 4 aromatic rings. The highest BCUT2D eigenvalue weighted by Gasteiger charge is 2.38. The Hall–Kier alpha value is -3.98. The highest BCUT2D eigenvalue weighted by molar-refractivity contribution is 9.10. The molecule has 1 saturated heterocycles. The van der Waals surface area contributed by atoms with Crippen LogP contribution in [-0.2, 0) is 11.8 Å². The van der Waals surface area contributed by atoms with Crippen LogP contribution in [0.5, 0.6) is 11.8 Å². The number of nitrogens with zero attached hydrogens (tertiary/aromatic N) is 6. The van der Waals surface area contributed by atoms with Crippen LogP contribution in [0.25, 0.3) is 21.8 Å². The van der Waals surface area contributed by atoms with E-state index in [4.69, 9.17) is 20.4 Å². The van der Waals surface area contributed by atoms with Gasteiger partial charge in [-0.3, -0.25) is 9.48 Å². The Balaban J connectivity index is 0.000000448. The molecule has 3 heterocycles. The molecule has 39 heavy (non-hydrogen) atoms. The quantitative estimate of drug-likeness (QED) is 0.355. The summed E-state index contributed by atoms with van der Waals surface area (Å²) in [7, 11) is 3.90. The number of alkyl halides is 3. The molecule has 0 unspecified atom stereocenters. The van der Waals surface area contributed by atoms with Gasteiger partial charge in [0.1, 0.15) is 11.3 Å². The summed E-state index contributed by atoms with van der Waals surface area (Å²) >= 11 is 3.62. The molecule has 0 bridgehead atoms. The molecule has 0 saturated carbocycles. The standard InChI is InChI=1S/C22H22BrN7O2.C2HF3O2/c1-28-7-9-30(10-8-28)14-4-6-17(16(23)11-14)32-22-25-12-13-3-5-15-19(21(24)31)27-29(2)20(15)18(13)26-22;3-2(4,5)1(6)7/h3-6,11-12H,7-10H2,1-2H3,(H2,24,31);(H,6,7). The van der Waals surface area contributed by atoms with Gasteiger partial charge in [-0.25, -0.2) is 9.78 Å². The van der Waals surface area contributed by atoms with Crippen molar-refractivity contribution in [3.8, 4) is 11.8 Å². The number of carbonyl (C=O) groups is 2. The second kappa shape index (κ2) is 11.0. The third kappa shape index (κ3) is 6.20. The fourth-order valence-electron chi connectivity index (χ4n) is 4.00. The molecule has 5 rings (SSSR count). The summed E-state index contributed by atoms with van der Waals surface area (Å²) in [6.45, 7) is 4.07. The number of hydrogen-bond acceptors (Lipinski definition) is 8. The first-order valence-electron chi connectivity index (χ1n) is 11.5. The normalized spacial score (nSPS) is 14.3. The number of carboxylic acid groups (broad SMARTS) is 1. The number of anilines is 1. The number of amides is 1. The monoisotopic (exact) mass is 609 g/mol. The zero-order chi connectivity index (χ0) is 28.5. The van der Waals surface area contributed by atoms with Crippen molar-refractivity contribution in [1.29, 1.82) is 0 Å². The molecule has 0 spiro atoms. The lowest BCUT2D eigenvalue weighted by Crippen LogP contribution is -2.44. The number of fused-ring (bicyclic) bond motifs is 3. The van der Waals surface area contributed by atoms with Gasteiger partial charge in [0.05, 0.1) is 9.99 Å². The van der Waals surface area contributed by atoms with Gasteiger partial charge in [-0.2, -0.15) is 23.3 Å². The Kier molecular flexibility index (Phi) is 7.92. The number of aliphatic carboxylic acids is 1. The van der Waals surface area contributed by atoms with Gasteiger partial charge in [-0.1, -0.05) is 6.07 Å². The number of aryl methyl sites for hydroxylation is 1. The summed E-state index contributed by atoms with van der Waals surface area (Å²) in [5, 5.41) is 12.8. The maximum Gasteiger partial charge on any atom is 0.490 e. The van der Waals surface area contributed by atoms with Crippen molar-refractivity contribution in [1.82, 2.24) is 24.6 Å². The first kappa shape index (κ1) is 28.0. The summed E-state index contributed by atoms with van der Waals surface area (Å²) in [5.41, 5.74) is 8.18. The van der Waals surface area contributed by atoms with E-state index in [1.807, 2.05) is 24.3 Å². The molecule has 3 N–H and O–H groups in total. The number of likely N-dealkylation sites (N-methyl/N-ethyl adjacent to an activating group) is 1. The smallest absolute Gasteiger partial charge is 0.475 e. The van der Waals surface area contributed by atoms with Gasteiger partial charge in [-0.05, 0) is 47.2 Å². The highest BCUT2D eigenvalue weighted by atomic mass is 79.9. The topological polar surface area (TPSA) is 140 Å². The van der Waals surface area contributed by atoms with E-state index in [1.165, 1.54) is 0 Å². The van der Waals surface area contributed by atoms with Gasteiger partial charge in [-0.15, -0.1) is 0 Å². The van der Waals surface area contributed by atoms with E-state index in [9.17, 15) is 18.0 Å². The number of rotatable bonds is 4. The number of nitrogens with two attached hydrogens (primary N) is 1. The predicted octanol–water partition coefficient (Wildman–Crippen LogP) is 3.56. The summed E-state index contributed by atoms with van der Waals surface area (Å²) in [4.78, 5) is 34.3. The number of benzene rings is 2. The molecule has 2 aromatic carbocycles. The molecule has 1 fully saturated rings. The van der Waals surface area contributed by atoms with E-state index < -0.39 is 18.1 Å². The number of carbonyl (C=O) groups excluding carboxylic acids is 1. The van der Waals surface area contributed by atoms with Crippen LogP contribution in [0.4, 0.5) is 18.9 Å². The molecule has 15 heteroatoms. The predicted molar refractivity (Wildman–Crippen MR) is 140 cm³/mol. The molecule has 0 radical (unpaired) electrons. The van der Waals surface area contributed by atoms with Gasteiger partial charge in [0.25, 0.3) is 5.91 Å². The number of piperazine rings is 1. The molecule has 1 aliphatic rings. The number of carboxylic acids is 1. The van der Waals surface area contributed by atoms with E-state index in [2.05, 4.69) is 53.9 Å². The molecule has 1 amide bonds. The highest BCUT2D eigenvalue weighted by Crippen LogP contribution is 2.33. The van der Waals surface area contributed by atoms with Crippen LogP contribution in [-0.4, -0.2) is 81.0 Å². The van der Waals surface area contributed by atoms with Crippen molar-refractivity contribution in [2.24, 2.45) is 12.8 Å². The van der Waals surface area contributed by atoms with E-state index in [-0.39, 0.29) is 11.7 Å². The van der Waals surface area contributed by atoms with Crippen LogP contribution in [0.2, 0.25) is 0 Å². The van der Waals surface area contributed by atoms with Crippen LogP contribution < -0.4 is 15.4 Å². The van der Waals surface area contributed by atoms with Crippen LogP contribution in [0.1, 0.15) is 10.5 Å². The third-order valence-electron chi connectivity index (χ3n) is 5.99. The molecular weight excluding hydrogens is 587 g/mol. The van der Waals surface area contributed by atoms with Gasteiger partial charge >= 0.3 is 18.2 Å². The minimum Gasteiger partial charge on any atom is -0.475 e. The average Bonchev–Trinajstić information content (AvgIpc) is 3.23. The Morgan fingerprint density at radius 3 is 2.36 bits per heavy atom. The lowest BCUT2D eigenvalue weighted by atomic mass is 10.1. The molecule has 11 nitrogen and oxygen atoms in total. The number of aromatic nitrogens is 4.